The van der Waals surface area contributed by atoms with E-state index in [1.54, 1.807) is 31.6 Å². The average molecular weight is 355 g/mol. The van der Waals surface area contributed by atoms with Crippen LogP contribution >= 0.6 is 11.8 Å². The van der Waals surface area contributed by atoms with Crippen LogP contribution in [0.4, 0.5) is 5.69 Å². The summed E-state index contributed by atoms with van der Waals surface area (Å²) in [5, 5.41) is 11.8. The van der Waals surface area contributed by atoms with Crippen molar-refractivity contribution in [2.45, 2.75) is 12.1 Å². The Bertz CT molecular complexity index is 849. The highest BCUT2D eigenvalue weighted by atomic mass is 32.2. The van der Waals surface area contributed by atoms with Gasteiger partial charge in [0.15, 0.2) is 5.16 Å². The number of thioether (sulfide) groups is 1. The summed E-state index contributed by atoms with van der Waals surface area (Å²) >= 11 is 1.33. The second kappa shape index (κ2) is 7.80. The predicted molar refractivity (Wildman–Crippen MR) is 96.2 cm³/mol. The van der Waals surface area contributed by atoms with E-state index in [4.69, 9.17) is 4.74 Å². The molecular weight excluding hydrogens is 338 g/mol. The summed E-state index contributed by atoms with van der Waals surface area (Å²) in [5.41, 5.74) is 1.63. The Morgan fingerprint density at radius 1 is 1.16 bits per heavy atom. The number of aromatic nitrogens is 4. The fourth-order valence-corrected chi connectivity index (χ4v) is 3.02. The highest BCUT2D eigenvalue weighted by Gasteiger charge is 2.13. The molecular formula is C17H17N5O2S. The van der Waals surface area contributed by atoms with E-state index in [1.807, 2.05) is 35.8 Å². The lowest BCUT2D eigenvalue weighted by Gasteiger charge is -2.09. The Balaban J connectivity index is 1.70. The fraction of sp³-hybridized carbons (Fsp3) is 0.176. The zero-order chi connectivity index (χ0) is 17.6. The molecule has 8 heteroatoms. The maximum absolute atomic E-state index is 12.1. The Kier molecular flexibility index (Phi) is 5.30. The Hall–Kier alpha value is -2.87. The van der Waals surface area contributed by atoms with Crippen LogP contribution in [0.25, 0.3) is 5.69 Å². The largest absolute Gasteiger partial charge is 0.497 e. The number of hydrogen-bond acceptors (Lipinski definition) is 6. The standard InChI is InChI=1S/C17H17N5O2S/c1-12-20-21-17(22(12)14-3-5-15(24-2)6-4-14)25-11-16(23)19-13-7-9-18-10-8-13/h3-10H,11H2,1-2H3,(H,18,19,23). The maximum Gasteiger partial charge on any atom is 0.234 e. The third-order valence-corrected chi connectivity index (χ3v) is 4.35. The van der Waals surface area contributed by atoms with Gasteiger partial charge in [0, 0.05) is 23.8 Å². The number of aryl methyl sites for hydroxylation is 1. The first-order chi connectivity index (χ1) is 12.2. The van der Waals surface area contributed by atoms with Gasteiger partial charge in [-0.25, -0.2) is 0 Å². The summed E-state index contributed by atoms with van der Waals surface area (Å²) in [6.07, 6.45) is 3.26. The summed E-state index contributed by atoms with van der Waals surface area (Å²) in [7, 11) is 1.63. The molecule has 0 aliphatic carbocycles. The van der Waals surface area contributed by atoms with Crippen molar-refractivity contribution in [2.75, 3.05) is 18.2 Å². The number of methoxy groups -OCH3 is 1. The number of rotatable bonds is 6. The van der Waals surface area contributed by atoms with E-state index in [9.17, 15) is 4.79 Å². The smallest absolute Gasteiger partial charge is 0.234 e. The monoisotopic (exact) mass is 355 g/mol. The van der Waals surface area contributed by atoms with Crippen molar-refractivity contribution in [1.82, 2.24) is 19.7 Å². The van der Waals surface area contributed by atoms with Crippen molar-refractivity contribution in [1.29, 1.82) is 0 Å². The lowest BCUT2D eigenvalue weighted by Crippen LogP contribution is -2.14. The summed E-state index contributed by atoms with van der Waals surface area (Å²) in [6.45, 7) is 1.87. The number of anilines is 1. The molecule has 0 radical (unpaired) electrons. The molecule has 3 aromatic rings. The highest BCUT2D eigenvalue weighted by molar-refractivity contribution is 7.99. The summed E-state index contributed by atoms with van der Waals surface area (Å²) in [6, 6.07) is 11.1. The van der Waals surface area contributed by atoms with Crippen LogP contribution in [-0.4, -0.2) is 38.5 Å². The molecule has 0 fully saturated rings. The number of carbonyl (C=O) groups is 1. The van der Waals surface area contributed by atoms with Gasteiger partial charge in [0.2, 0.25) is 5.91 Å². The number of nitrogens with zero attached hydrogens (tertiary/aromatic N) is 4. The number of carbonyl (C=O) groups excluding carboxylic acids is 1. The van der Waals surface area contributed by atoms with Gasteiger partial charge in [0.1, 0.15) is 11.6 Å². The molecule has 0 aliphatic heterocycles. The third kappa shape index (κ3) is 4.16. The summed E-state index contributed by atoms with van der Waals surface area (Å²) < 4.78 is 7.09. The first-order valence-corrected chi connectivity index (χ1v) is 8.55. The molecule has 3 rings (SSSR count). The number of pyridine rings is 1. The first kappa shape index (κ1) is 17.0. The molecule has 25 heavy (non-hydrogen) atoms. The lowest BCUT2D eigenvalue weighted by atomic mass is 10.3. The Morgan fingerprint density at radius 3 is 2.56 bits per heavy atom. The van der Waals surface area contributed by atoms with E-state index in [0.717, 1.165) is 17.3 Å². The number of ether oxygens (including phenoxy) is 1. The van der Waals surface area contributed by atoms with Crippen LogP contribution in [0, 0.1) is 6.92 Å². The number of benzene rings is 1. The molecule has 2 aromatic heterocycles. The maximum atomic E-state index is 12.1. The highest BCUT2D eigenvalue weighted by Crippen LogP contribution is 2.23. The molecule has 0 atom stereocenters. The summed E-state index contributed by atoms with van der Waals surface area (Å²) in [5.74, 6) is 1.65. The van der Waals surface area contributed by atoms with Gasteiger partial charge < -0.3 is 10.1 Å². The molecule has 0 spiro atoms. The number of nitrogens with one attached hydrogen (secondary N) is 1. The van der Waals surface area contributed by atoms with Crippen LogP contribution in [0.3, 0.4) is 0 Å². The molecule has 7 nitrogen and oxygen atoms in total. The molecule has 0 saturated carbocycles. The van der Waals surface area contributed by atoms with Crippen LogP contribution < -0.4 is 10.1 Å². The van der Waals surface area contributed by atoms with Crippen LogP contribution in [0.2, 0.25) is 0 Å². The average Bonchev–Trinajstić information content (AvgIpc) is 3.01. The second-order valence-electron chi connectivity index (χ2n) is 5.14. The lowest BCUT2D eigenvalue weighted by molar-refractivity contribution is -0.113. The van der Waals surface area contributed by atoms with Crippen LogP contribution in [0.1, 0.15) is 5.82 Å². The van der Waals surface area contributed by atoms with E-state index in [2.05, 4.69) is 20.5 Å². The second-order valence-corrected chi connectivity index (χ2v) is 6.08. The molecule has 0 unspecified atom stereocenters. The normalized spacial score (nSPS) is 10.5. The SMILES string of the molecule is COc1ccc(-n2c(C)nnc2SCC(=O)Nc2ccncc2)cc1. The van der Waals surface area contributed by atoms with Crippen molar-refractivity contribution in [3.8, 4) is 11.4 Å². The fourth-order valence-electron chi connectivity index (χ4n) is 2.23. The van der Waals surface area contributed by atoms with Crippen molar-refractivity contribution in [3.63, 3.8) is 0 Å². The minimum atomic E-state index is -0.113. The first-order valence-electron chi connectivity index (χ1n) is 7.56. The van der Waals surface area contributed by atoms with E-state index < -0.39 is 0 Å². The number of hydrogen-bond donors (Lipinski definition) is 1. The van der Waals surface area contributed by atoms with Crippen molar-refractivity contribution < 1.29 is 9.53 Å². The zero-order valence-corrected chi connectivity index (χ0v) is 14.7. The van der Waals surface area contributed by atoms with E-state index in [-0.39, 0.29) is 11.7 Å². The van der Waals surface area contributed by atoms with Gasteiger partial charge in [-0.05, 0) is 43.3 Å². The van der Waals surface area contributed by atoms with Crippen LogP contribution in [0.5, 0.6) is 5.75 Å². The van der Waals surface area contributed by atoms with Gasteiger partial charge in [-0.1, -0.05) is 11.8 Å². The van der Waals surface area contributed by atoms with Gasteiger partial charge in [-0.3, -0.25) is 14.3 Å². The van der Waals surface area contributed by atoms with Gasteiger partial charge in [-0.2, -0.15) is 0 Å². The quantitative estimate of drug-likeness (QED) is 0.685. The van der Waals surface area contributed by atoms with Gasteiger partial charge in [0.05, 0.1) is 12.9 Å². The number of amides is 1. The molecule has 128 valence electrons. The molecule has 1 N–H and O–H groups in total. The molecule has 0 aliphatic rings. The molecule has 0 saturated heterocycles. The molecule has 1 aromatic carbocycles. The molecule has 2 heterocycles. The minimum absolute atomic E-state index is 0.113. The van der Waals surface area contributed by atoms with Gasteiger partial charge >= 0.3 is 0 Å². The summed E-state index contributed by atoms with van der Waals surface area (Å²) in [4.78, 5) is 16.0. The van der Waals surface area contributed by atoms with Crippen molar-refractivity contribution in [2.24, 2.45) is 0 Å². The third-order valence-electron chi connectivity index (χ3n) is 3.42. The van der Waals surface area contributed by atoms with Crippen molar-refractivity contribution in [3.05, 3.63) is 54.6 Å². The van der Waals surface area contributed by atoms with Crippen molar-refractivity contribution >= 4 is 23.4 Å². The van der Waals surface area contributed by atoms with E-state index in [0.29, 0.717) is 10.8 Å². The van der Waals surface area contributed by atoms with Gasteiger partial charge in [-0.15, -0.1) is 10.2 Å². The Labute approximate surface area is 149 Å². The topological polar surface area (TPSA) is 81.9 Å². The molecule has 0 bridgehead atoms. The van der Waals surface area contributed by atoms with E-state index in [1.165, 1.54) is 11.8 Å². The van der Waals surface area contributed by atoms with Gasteiger partial charge in [0.25, 0.3) is 0 Å². The predicted octanol–water partition coefficient (Wildman–Crippen LogP) is 2.71. The minimum Gasteiger partial charge on any atom is -0.497 e. The molecule has 1 amide bonds. The van der Waals surface area contributed by atoms with E-state index >= 15 is 0 Å². The Morgan fingerprint density at radius 2 is 1.88 bits per heavy atom. The zero-order valence-electron chi connectivity index (χ0n) is 13.8. The van der Waals surface area contributed by atoms with Crippen LogP contribution in [-0.2, 0) is 4.79 Å². The van der Waals surface area contributed by atoms with Crippen LogP contribution in [0.15, 0.2) is 53.9 Å².